The highest BCUT2D eigenvalue weighted by Gasteiger charge is 2.35. The second-order valence-electron chi connectivity index (χ2n) is 6.33. The largest absolute Gasteiger partial charge is 0.445 e. The standard InChI is InChI=1S/C20H23N3O4/c1-20(18(25)22-13-17(21)24,12-15-8-4-2-5-9-15)23-19(26)27-14-16-10-6-3-7-11-16/h2-11H,12-14H2,1H3,(H2,21,24)(H,22,25)(H,23,26)/t20-/m1/s1. The number of hydrogen-bond donors (Lipinski definition) is 3. The van der Waals surface area contributed by atoms with Gasteiger partial charge in [0.15, 0.2) is 0 Å². The SMILES string of the molecule is C[C@](Cc1ccccc1)(NC(=O)OCc1ccccc1)C(=O)NCC(N)=O. The molecular formula is C20H23N3O4. The molecule has 0 radical (unpaired) electrons. The van der Waals surface area contributed by atoms with Crippen LogP contribution in [0.1, 0.15) is 18.1 Å². The van der Waals surface area contributed by atoms with E-state index in [2.05, 4.69) is 10.6 Å². The Morgan fingerprint density at radius 1 is 0.963 bits per heavy atom. The van der Waals surface area contributed by atoms with Gasteiger partial charge in [-0.15, -0.1) is 0 Å². The summed E-state index contributed by atoms with van der Waals surface area (Å²) in [6.07, 6.45) is -0.509. The third kappa shape index (κ3) is 6.47. The molecule has 4 N–H and O–H groups in total. The monoisotopic (exact) mass is 369 g/mol. The van der Waals surface area contributed by atoms with Crippen LogP contribution in [0.3, 0.4) is 0 Å². The molecule has 0 bridgehead atoms. The van der Waals surface area contributed by atoms with Gasteiger partial charge in [0.05, 0.1) is 6.54 Å². The van der Waals surface area contributed by atoms with Crippen LogP contribution in [-0.4, -0.2) is 30.0 Å². The fourth-order valence-corrected chi connectivity index (χ4v) is 2.53. The highest BCUT2D eigenvalue weighted by Crippen LogP contribution is 2.14. The molecule has 7 nitrogen and oxygen atoms in total. The summed E-state index contributed by atoms with van der Waals surface area (Å²) in [6, 6.07) is 18.4. The Morgan fingerprint density at radius 2 is 1.52 bits per heavy atom. The maximum absolute atomic E-state index is 12.6. The number of ether oxygens (including phenoxy) is 1. The van der Waals surface area contributed by atoms with Crippen LogP contribution in [0.15, 0.2) is 60.7 Å². The van der Waals surface area contributed by atoms with Gasteiger partial charge in [-0.1, -0.05) is 60.7 Å². The van der Waals surface area contributed by atoms with Crippen molar-refractivity contribution >= 4 is 17.9 Å². The molecule has 2 rings (SSSR count). The minimum absolute atomic E-state index is 0.0804. The number of rotatable bonds is 8. The Kier molecular flexibility index (Phi) is 6.93. The molecule has 142 valence electrons. The first-order valence-electron chi connectivity index (χ1n) is 8.48. The molecule has 0 aliphatic heterocycles. The molecule has 0 spiro atoms. The van der Waals surface area contributed by atoms with E-state index in [4.69, 9.17) is 10.5 Å². The van der Waals surface area contributed by atoms with Crippen LogP contribution in [0, 0.1) is 0 Å². The quantitative estimate of drug-likeness (QED) is 0.655. The Labute approximate surface area is 157 Å². The molecule has 27 heavy (non-hydrogen) atoms. The number of amides is 3. The van der Waals surface area contributed by atoms with E-state index in [9.17, 15) is 14.4 Å². The van der Waals surface area contributed by atoms with Crippen molar-refractivity contribution < 1.29 is 19.1 Å². The van der Waals surface area contributed by atoms with Crippen molar-refractivity contribution in [1.29, 1.82) is 0 Å². The number of hydrogen-bond acceptors (Lipinski definition) is 4. The Hall–Kier alpha value is -3.35. The fraction of sp³-hybridized carbons (Fsp3) is 0.250. The molecule has 0 aromatic heterocycles. The summed E-state index contributed by atoms with van der Waals surface area (Å²) in [7, 11) is 0. The first-order chi connectivity index (χ1) is 12.9. The molecular weight excluding hydrogens is 346 g/mol. The maximum atomic E-state index is 12.6. The number of nitrogens with two attached hydrogens (primary N) is 1. The smallest absolute Gasteiger partial charge is 0.408 e. The average molecular weight is 369 g/mol. The van der Waals surface area contributed by atoms with E-state index in [1.165, 1.54) is 0 Å². The lowest BCUT2D eigenvalue weighted by molar-refractivity contribution is -0.129. The van der Waals surface area contributed by atoms with Crippen molar-refractivity contribution in [2.75, 3.05) is 6.54 Å². The molecule has 0 heterocycles. The average Bonchev–Trinajstić information content (AvgIpc) is 2.66. The number of carbonyl (C=O) groups is 3. The minimum atomic E-state index is -1.31. The van der Waals surface area contributed by atoms with Crippen LogP contribution < -0.4 is 16.4 Å². The van der Waals surface area contributed by atoms with Crippen molar-refractivity contribution in [2.24, 2.45) is 5.73 Å². The van der Waals surface area contributed by atoms with Gasteiger partial charge in [0.25, 0.3) is 0 Å². The highest BCUT2D eigenvalue weighted by atomic mass is 16.5. The fourth-order valence-electron chi connectivity index (χ4n) is 2.53. The molecule has 7 heteroatoms. The number of alkyl carbamates (subject to hydrolysis) is 1. The molecule has 0 saturated carbocycles. The van der Waals surface area contributed by atoms with Crippen LogP contribution in [0.2, 0.25) is 0 Å². The molecule has 2 aromatic carbocycles. The van der Waals surface area contributed by atoms with Gasteiger partial charge in [-0.2, -0.15) is 0 Å². The predicted octanol–water partition coefficient (Wildman–Crippen LogP) is 1.52. The third-order valence-corrected chi connectivity index (χ3v) is 3.92. The predicted molar refractivity (Wildman–Crippen MR) is 101 cm³/mol. The molecule has 1 atom stereocenters. The zero-order valence-corrected chi connectivity index (χ0v) is 15.1. The molecule has 3 amide bonds. The van der Waals surface area contributed by atoms with Crippen LogP contribution >= 0.6 is 0 Å². The molecule has 0 fully saturated rings. The van der Waals surface area contributed by atoms with Crippen LogP contribution in [0.25, 0.3) is 0 Å². The Bertz CT molecular complexity index is 780. The van der Waals surface area contributed by atoms with Crippen LogP contribution in [0.5, 0.6) is 0 Å². The lowest BCUT2D eigenvalue weighted by Crippen LogP contribution is -2.59. The van der Waals surface area contributed by atoms with Gasteiger partial charge >= 0.3 is 6.09 Å². The van der Waals surface area contributed by atoms with Gasteiger partial charge in [-0.05, 0) is 18.1 Å². The Balaban J connectivity index is 2.06. The zero-order valence-electron chi connectivity index (χ0n) is 15.1. The Morgan fingerprint density at radius 3 is 2.07 bits per heavy atom. The number of carbonyl (C=O) groups excluding carboxylic acids is 3. The van der Waals surface area contributed by atoms with Gasteiger partial charge in [-0.3, -0.25) is 9.59 Å². The highest BCUT2D eigenvalue weighted by molar-refractivity contribution is 5.92. The summed E-state index contributed by atoms with van der Waals surface area (Å²) in [5.41, 5.74) is 5.44. The number of benzene rings is 2. The topological polar surface area (TPSA) is 111 Å². The summed E-state index contributed by atoms with van der Waals surface area (Å²) in [5.74, 6) is -1.20. The molecule has 0 saturated heterocycles. The second kappa shape index (κ2) is 9.38. The summed E-state index contributed by atoms with van der Waals surface area (Å²) in [5, 5.41) is 5.05. The summed E-state index contributed by atoms with van der Waals surface area (Å²) >= 11 is 0. The van der Waals surface area contributed by atoms with Gasteiger partial charge in [0, 0.05) is 6.42 Å². The van der Waals surface area contributed by atoms with Gasteiger partial charge in [0.2, 0.25) is 11.8 Å². The lowest BCUT2D eigenvalue weighted by atomic mass is 9.92. The van der Waals surface area contributed by atoms with E-state index in [-0.39, 0.29) is 19.6 Å². The van der Waals surface area contributed by atoms with Crippen molar-refractivity contribution in [2.45, 2.75) is 25.5 Å². The normalized spacial score (nSPS) is 12.5. The number of primary amides is 1. The third-order valence-electron chi connectivity index (χ3n) is 3.92. The second-order valence-corrected chi connectivity index (χ2v) is 6.33. The van der Waals surface area contributed by atoms with Crippen LogP contribution in [-0.2, 0) is 27.4 Å². The van der Waals surface area contributed by atoms with Crippen molar-refractivity contribution in [3.8, 4) is 0 Å². The van der Waals surface area contributed by atoms with Gasteiger partial charge < -0.3 is 21.1 Å². The molecule has 0 unspecified atom stereocenters. The lowest BCUT2D eigenvalue weighted by Gasteiger charge is -2.29. The van der Waals surface area contributed by atoms with E-state index in [1.807, 2.05) is 60.7 Å². The summed E-state index contributed by atoms with van der Waals surface area (Å²) in [4.78, 5) is 35.8. The van der Waals surface area contributed by atoms with Crippen LogP contribution in [0.4, 0.5) is 4.79 Å². The molecule has 0 aliphatic rings. The summed E-state index contributed by atoms with van der Waals surface area (Å²) < 4.78 is 5.22. The van der Waals surface area contributed by atoms with E-state index < -0.39 is 23.4 Å². The number of nitrogens with one attached hydrogen (secondary N) is 2. The zero-order chi connectivity index (χ0) is 19.7. The first kappa shape index (κ1) is 20.0. The van der Waals surface area contributed by atoms with E-state index >= 15 is 0 Å². The van der Waals surface area contributed by atoms with Crippen molar-refractivity contribution in [3.05, 3.63) is 71.8 Å². The van der Waals surface area contributed by atoms with E-state index in [0.717, 1.165) is 11.1 Å². The first-order valence-corrected chi connectivity index (χ1v) is 8.48. The van der Waals surface area contributed by atoms with Crippen molar-refractivity contribution in [1.82, 2.24) is 10.6 Å². The van der Waals surface area contributed by atoms with E-state index in [0.29, 0.717) is 0 Å². The molecule has 0 aliphatic carbocycles. The van der Waals surface area contributed by atoms with Crippen molar-refractivity contribution in [3.63, 3.8) is 0 Å². The van der Waals surface area contributed by atoms with E-state index in [1.54, 1.807) is 6.92 Å². The van der Waals surface area contributed by atoms with Gasteiger partial charge in [-0.25, -0.2) is 4.79 Å². The summed E-state index contributed by atoms with van der Waals surface area (Å²) in [6.45, 7) is 1.33. The minimum Gasteiger partial charge on any atom is -0.445 e. The maximum Gasteiger partial charge on any atom is 0.408 e. The molecule has 2 aromatic rings. The van der Waals surface area contributed by atoms with Gasteiger partial charge in [0.1, 0.15) is 12.1 Å².